The van der Waals surface area contributed by atoms with Gasteiger partial charge in [-0.3, -0.25) is 4.98 Å². The molecule has 0 bridgehead atoms. The van der Waals surface area contributed by atoms with Crippen molar-refractivity contribution in [2.24, 2.45) is 0 Å². The van der Waals surface area contributed by atoms with Crippen molar-refractivity contribution in [2.75, 3.05) is 0 Å². The fourth-order valence-electron chi connectivity index (χ4n) is 1.10. The maximum Gasteiger partial charge on any atom is 0.506 e. The molecule has 0 radical (unpaired) electrons. The van der Waals surface area contributed by atoms with E-state index < -0.39 is 6.30 Å². The number of nitrogens with zero attached hydrogens (tertiary/aromatic N) is 4. The van der Waals surface area contributed by atoms with Crippen LogP contribution in [0, 0.1) is 0 Å². The third-order valence-electron chi connectivity index (χ3n) is 1.68. The van der Waals surface area contributed by atoms with Crippen LogP contribution in [-0.4, -0.2) is 19.7 Å². The zero-order chi connectivity index (χ0) is 10.9. The molecule has 4 nitrogen and oxygen atoms in total. The number of aromatic nitrogens is 4. The van der Waals surface area contributed by atoms with Crippen LogP contribution in [0.1, 0.15) is 0 Å². The number of rotatable bonds is 1. The van der Waals surface area contributed by atoms with E-state index in [2.05, 4.69) is 15.1 Å². The van der Waals surface area contributed by atoms with E-state index in [4.69, 9.17) is 0 Å². The molecule has 2 rings (SSSR count). The summed E-state index contributed by atoms with van der Waals surface area (Å²) in [5.41, 5.74) is 0.132. The zero-order valence-electron chi connectivity index (χ0n) is 7.31. The predicted octanol–water partition coefficient (Wildman–Crippen LogP) is 1.82. The summed E-state index contributed by atoms with van der Waals surface area (Å²) < 4.78 is 37.1. The molecule has 7 heteroatoms. The molecule has 0 amide bonds. The van der Waals surface area contributed by atoms with Crippen LogP contribution in [0.2, 0.25) is 0 Å². The lowest BCUT2D eigenvalue weighted by Gasteiger charge is -2.07. The zero-order valence-corrected chi connectivity index (χ0v) is 7.31. The molecule has 2 heterocycles. The van der Waals surface area contributed by atoms with Gasteiger partial charge in [-0.2, -0.15) is 5.10 Å². The average Bonchev–Trinajstić information content (AvgIpc) is 2.67. The lowest BCUT2D eigenvalue weighted by molar-refractivity contribution is -0.211. The highest BCUT2D eigenvalue weighted by Crippen LogP contribution is 2.25. The smallest absolute Gasteiger partial charge is 0.253 e. The number of hydrogen-bond donors (Lipinski definition) is 0. The van der Waals surface area contributed by atoms with Crippen molar-refractivity contribution in [1.82, 2.24) is 19.7 Å². The van der Waals surface area contributed by atoms with E-state index in [1.54, 1.807) is 12.1 Å². The Labute approximate surface area is 82.4 Å². The second-order valence-electron chi connectivity index (χ2n) is 2.68. The van der Waals surface area contributed by atoms with Crippen LogP contribution in [0.15, 0.2) is 30.7 Å². The third-order valence-corrected chi connectivity index (χ3v) is 1.68. The topological polar surface area (TPSA) is 43.6 Å². The van der Waals surface area contributed by atoms with Gasteiger partial charge in [-0.25, -0.2) is 4.98 Å². The second-order valence-corrected chi connectivity index (χ2v) is 2.68. The van der Waals surface area contributed by atoms with E-state index in [-0.39, 0.29) is 16.2 Å². The Morgan fingerprint density at radius 3 is 2.53 bits per heavy atom. The van der Waals surface area contributed by atoms with Crippen LogP contribution < -0.4 is 0 Å². The average molecular weight is 214 g/mol. The van der Waals surface area contributed by atoms with Crippen LogP contribution in [0.4, 0.5) is 13.2 Å². The van der Waals surface area contributed by atoms with Crippen molar-refractivity contribution >= 4 is 0 Å². The lowest BCUT2D eigenvalue weighted by Crippen LogP contribution is -2.19. The van der Waals surface area contributed by atoms with Gasteiger partial charge in [0.05, 0.1) is 0 Å². The highest BCUT2D eigenvalue weighted by atomic mass is 19.4. The van der Waals surface area contributed by atoms with Crippen LogP contribution >= 0.6 is 0 Å². The first-order chi connectivity index (χ1) is 7.09. The second kappa shape index (κ2) is 3.34. The fourth-order valence-corrected chi connectivity index (χ4v) is 1.10. The Morgan fingerprint density at radius 2 is 1.93 bits per heavy atom. The fraction of sp³-hybridized carbons (Fsp3) is 0.125. The van der Waals surface area contributed by atoms with Crippen molar-refractivity contribution in [3.05, 3.63) is 30.7 Å². The van der Waals surface area contributed by atoms with Gasteiger partial charge in [0.25, 0.3) is 0 Å². The predicted molar refractivity (Wildman–Crippen MR) is 44.6 cm³/mol. The summed E-state index contributed by atoms with van der Waals surface area (Å²) in [5.74, 6) is -0.317. The standard InChI is InChI=1S/C8H5F3N4/c9-8(10,11)15-7(13-5-14-15)6-3-1-2-4-12-6/h1-5H. The van der Waals surface area contributed by atoms with Gasteiger partial charge in [0.2, 0.25) is 0 Å². The first-order valence-corrected chi connectivity index (χ1v) is 3.97. The van der Waals surface area contributed by atoms with Gasteiger partial charge in [-0.05, 0) is 12.1 Å². The minimum atomic E-state index is -4.58. The summed E-state index contributed by atoms with van der Waals surface area (Å²) in [7, 11) is 0. The van der Waals surface area contributed by atoms with E-state index >= 15 is 0 Å². The SMILES string of the molecule is FC(F)(F)n1ncnc1-c1ccccn1. The number of halogens is 3. The van der Waals surface area contributed by atoms with E-state index in [9.17, 15) is 13.2 Å². The molecule has 2 aromatic rings. The molecular weight excluding hydrogens is 209 g/mol. The highest BCUT2D eigenvalue weighted by Gasteiger charge is 2.35. The minimum absolute atomic E-state index is 0.116. The molecule has 0 saturated carbocycles. The van der Waals surface area contributed by atoms with Gasteiger partial charge >= 0.3 is 6.30 Å². The number of pyridine rings is 1. The van der Waals surface area contributed by atoms with E-state index in [0.29, 0.717) is 0 Å². The molecule has 0 fully saturated rings. The van der Waals surface area contributed by atoms with Crippen molar-refractivity contribution in [3.63, 3.8) is 0 Å². The van der Waals surface area contributed by atoms with Gasteiger partial charge in [-0.1, -0.05) is 6.07 Å². The third kappa shape index (κ3) is 1.80. The molecule has 2 aromatic heterocycles. The Balaban J connectivity index is 2.51. The molecule has 0 aliphatic rings. The van der Waals surface area contributed by atoms with Crippen LogP contribution in [0.5, 0.6) is 0 Å². The molecule has 0 aliphatic heterocycles. The molecule has 0 saturated heterocycles. The van der Waals surface area contributed by atoms with Gasteiger partial charge in [0.1, 0.15) is 12.0 Å². The highest BCUT2D eigenvalue weighted by molar-refractivity contribution is 5.48. The number of alkyl halides is 3. The van der Waals surface area contributed by atoms with E-state index in [0.717, 1.165) is 6.33 Å². The summed E-state index contributed by atoms with van der Waals surface area (Å²) in [5, 5.41) is 3.10. The van der Waals surface area contributed by atoms with Gasteiger partial charge in [0.15, 0.2) is 5.82 Å². The quantitative estimate of drug-likeness (QED) is 0.727. The van der Waals surface area contributed by atoms with Crippen LogP contribution in [-0.2, 0) is 6.30 Å². The largest absolute Gasteiger partial charge is 0.506 e. The van der Waals surface area contributed by atoms with Crippen molar-refractivity contribution < 1.29 is 13.2 Å². The molecule has 0 aliphatic carbocycles. The maximum atomic E-state index is 12.4. The first-order valence-electron chi connectivity index (χ1n) is 3.97. The van der Waals surface area contributed by atoms with Crippen molar-refractivity contribution in [2.45, 2.75) is 6.30 Å². The van der Waals surface area contributed by atoms with Crippen molar-refractivity contribution in [3.8, 4) is 11.5 Å². The van der Waals surface area contributed by atoms with E-state index in [1.165, 1.54) is 12.3 Å². The Bertz CT molecular complexity index is 448. The van der Waals surface area contributed by atoms with Crippen LogP contribution in [0.25, 0.3) is 11.5 Å². The number of hydrogen-bond acceptors (Lipinski definition) is 3. The molecule has 15 heavy (non-hydrogen) atoms. The first kappa shape index (κ1) is 9.63. The molecule has 78 valence electrons. The van der Waals surface area contributed by atoms with Gasteiger partial charge < -0.3 is 0 Å². The molecule has 0 N–H and O–H groups in total. The Hall–Kier alpha value is -1.92. The van der Waals surface area contributed by atoms with Crippen LogP contribution in [0.3, 0.4) is 0 Å². The normalized spacial score (nSPS) is 11.7. The molecule has 0 atom stereocenters. The molecule has 0 unspecified atom stereocenters. The van der Waals surface area contributed by atoms with Gasteiger partial charge in [0, 0.05) is 6.20 Å². The summed E-state index contributed by atoms with van der Waals surface area (Å²) in [6.07, 6.45) is -2.34. The molecular formula is C8H5F3N4. The molecule has 0 aromatic carbocycles. The summed E-state index contributed by atoms with van der Waals surface area (Å²) in [4.78, 5) is 7.29. The van der Waals surface area contributed by atoms with E-state index in [1.807, 2.05) is 0 Å². The van der Waals surface area contributed by atoms with Gasteiger partial charge in [-0.15, -0.1) is 17.9 Å². The Morgan fingerprint density at radius 1 is 1.13 bits per heavy atom. The Kier molecular flexibility index (Phi) is 2.14. The van der Waals surface area contributed by atoms with Crippen molar-refractivity contribution in [1.29, 1.82) is 0 Å². The summed E-state index contributed by atoms with van der Waals surface area (Å²) in [6.45, 7) is 0. The maximum absolute atomic E-state index is 12.4. The lowest BCUT2D eigenvalue weighted by atomic mass is 10.3. The monoisotopic (exact) mass is 214 g/mol. The molecule has 0 spiro atoms. The minimum Gasteiger partial charge on any atom is -0.253 e. The summed E-state index contributed by atoms with van der Waals surface area (Å²) >= 11 is 0. The summed E-state index contributed by atoms with van der Waals surface area (Å²) in [6, 6.07) is 4.63.